The van der Waals surface area contributed by atoms with Crippen LogP contribution in [0.2, 0.25) is 5.02 Å². The van der Waals surface area contributed by atoms with Crippen LogP contribution in [0.3, 0.4) is 0 Å². The molecule has 2 heterocycles. The minimum atomic E-state index is -0.558. The molecule has 0 bridgehead atoms. The summed E-state index contributed by atoms with van der Waals surface area (Å²) in [7, 11) is 5.72. The minimum Gasteiger partial charge on any atom is -0.495 e. The number of likely N-dealkylation sites (N-methyl/N-ethyl adjacent to an activating group) is 1. The summed E-state index contributed by atoms with van der Waals surface area (Å²) in [4.78, 5) is 54.9. The number of aryl methyl sites for hydroxylation is 1. The van der Waals surface area contributed by atoms with Crippen LogP contribution in [0, 0.1) is 0 Å². The van der Waals surface area contributed by atoms with Crippen molar-refractivity contribution in [3.05, 3.63) is 61.9 Å². The second-order valence-electron chi connectivity index (χ2n) is 6.83. The van der Waals surface area contributed by atoms with Crippen molar-refractivity contribution < 1.29 is 14.3 Å². The molecule has 2 amide bonds. The largest absolute Gasteiger partial charge is 0.495 e. The molecule has 31 heavy (non-hydrogen) atoms. The Morgan fingerprint density at radius 2 is 1.87 bits per heavy atom. The third kappa shape index (κ3) is 4.29. The van der Waals surface area contributed by atoms with Crippen molar-refractivity contribution in [1.29, 1.82) is 0 Å². The number of pyridine rings is 1. The molecule has 0 atom stereocenters. The van der Waals surface area contributed by atoms with Gasteiger partial charge in [0.25, 0.3) is 11.5 Å². The molecule has 10 nitrogen and oxygen atoms in total. The average molecular weight is 446 g/mol. The molecular formula is C20H20ClN5O5. The number of amides is 2. The van der Waals surface area contributed by atoms with Gasteiger partial charge in [0.1, 0.15) is 17.1 Å². The Kier molecular flexibility index (Phi) is 6.11. The molecule has 3 rings (SSSR count). The SMILES string of the molecule is COc1ccc(Cl)cc1NC(=O)CN(C)C(=O)c1ccc2c(=O)n(C)c(=O)n(C)c2n1. The molecule has 1 aromatic carbocycles. The molecule has 3 aromatic rings. The molecular weight excluding hydrogens is 426 g/mol. The number of carbonyl (C=O) groups is 2. The predicted octanol–water partition coefficient (Wildman–Crippen LogP) is 1.00. The van der Waals surface area contributed by atoms with Crippen LogP contribution >= 0.6 is 11.6 Å². The summed E-state index contributed by atoms with van der Waals surface area (Å²) in [5, 5.41) is 3.27. The van der Waals surface area contributed by atoms with Gasteiger partial charge in [-0.15, -0.1) is 0 Å². The highest BCUT2D eigenvalue weighted by molar-refractivity contribution is 6.31. The fourth-order valence-electron chi connectivity index (χ4n) is 3.02. The van der Waals surface area contributed by atoms with Crippen LogP contribution in [0.4, 0.5) is 5.69 Å². The molecule has 162 valence electrons. The molecule has 0 unspecified atom stereocenters. The van der Waals surface area contributed by atoms with Crippen LogP contribution in [0.25, 0.3) is 11.0 Å². The number of hydrogen-bond donors (Lipinski definition) is 1. The average Bonchev–Trinajstić information content (AvgIpc) is 2.75. The third-order valence-electron chi connectivity index (χ3n) is 4.68. The Labute approximate surface area is 181 Å². The molecule has 0 saturated carbocycles. The van der Waals surface area contributed by atoms with Crippen LogP contribution in [-0.4, -0.2) is 51.5 Å². The van der Waals surface area contributed by atoms with E-state index in [9.17, 15) is 19.2 Å². The van der Waals surface area contributed by atoms with Crippen LogP contribution in [-0.2, 0) is 18.9 Å². The van der Waals surface area contributed by atoms with Crippen molar-refractivity contribution in [3.8, 4) is 5.75 Å². The van der Waals surface area contributed by atoms with Crippen LogP contribution in [0.15, 0.2) is 39.9 Å². The van der Waals surface area contributed by atoms with Crippen molar-refractivity contribution in [2.45, 2.75) is 0 Å². The monoisotopic (exact) mass is 445 g/mol. The van der Waals surface area contributed by atoms with Crippen molar-refractivity contribution >= 4 is 40.1 Å². The highest BCUT2D eigenvalue weighted by atomic mass is 35.5. The highest BCUT2D eigenvalue weighted by Crippen LogP contribution is 2.27. The number of methoxy groups -OCH3 is 1. The first-order valence-corrected chi connectivity index (χ1v) is 9.47. The molecule has 0 aliphatic rings. The molecule has 0 radical (unpaired) electrons. The fourth-order valence-corrected chi connectivity index (χ4v) is 3.20. The lowest BCUT2D eigenvalue weighted by atomic mass is 10.2. The molecule has 11 heteroatoms. The van der Waals surface area contributed by atoms with E-state index in [1.807, 2.05) is 0 Å². The number of aromatic nitrogens is 3. The maximum atomic E-state index is 12.8. The number of halogens is 1. The third-order valence-corrected chi connectivity index (χ3v) is 4.92. The number of nitrogens with zero attached hydrogens (tertiary/aromatic N) is 4. The maximum absolute atomic E-state index is 12.8. The van der Waals surface area contributed by atoms with Gasteiger partial charge in [0.05, 0.1) is 24.7 Å². The van der Waals surface area contributed by atoms with Gasteiger partial charge in [-0.05, 0) is 30.3 Å². The molecule has 0 fully saturated rings. The molecule has 0 saturated heterocycles. The van der Waals surface area contributed by atoms with E-state index in [1.54, 1.807) is 12.1 Å². The lowest BCUT2D eigenvalue weighted by molar-refractivity contribution is -0.116. The van der Waals surface area contributed by atoms with Gasteiger partial charge < -0.3 is 15.0 Å². The molecule has 2 aromatic heterocycles. The second-order valence-corrected chi connectivity index (χ2v) is 7.26. The van der Waals surface area contributed by atoms with E-state index in [1.165, 1.54) is 55.9 Å². The Hall–Kier alpha value is -3.66. The number of carbonyl (C=O) groups excluding carboxylic acids is 2. The summed E-state index contributed by atoms with van der Waals surface area (Å²) in [6.45, 7) is -0.274. The predicted molar refractivity (Wildman–Crippen MR) is 116 cm³/mol. The second kappa shape index (κ2) is 8.60. The van der Waals surface area contributed by atoms with Crippen molar-refractivity contribution in [2.75, 3.05) is 26.0 Å². The van der Waals surface area contributed by atoms with E-state index in [2.05, 4.69) is 10.3 Å². The van der Waals surface area contributed by atoms with Crippen LogP contribution in [0.1, 0.15) is 10.5 Å². The number of fused-ring (bicyclic) bond motifs is 1. The van der Waals surface area contributed by atoms with Gasteiger partial charge in [-0.3, -0.25) is 23.5 Å². The van der Waals surface area contributed by atoms with Gasteiger partial charge in [0, 0.05) is 26.2 Å². The molecule has 0 spiro atoms. The first-order valence-electron chi connectivity index (χ1n) is 9.09. The number of anilines is 1. The van der Waals surface area contributed by atoms with Gasteiger partial charge in [-0.1, -0.05) is 11.6 Å². The van der Waals surface area contributed by atoms with Crippen molar-refractivity contribution in [1.82, 2.24) is 19.0 Å². The maximum Gasteiger partial charge on any atom is 0.332 e. The Morgan fingerprint density at radius 1 is 1.16 bits per heavy atom. The van der Waals surface area contributed by atoms with E-state index in [0.29, 0.717) is 16.5 Å². The Balaban J connectivity index is 1.82. The summed E-state index contributed by atoms with van der Waals surface area (Å²) in [5.41, 5.74) is -0.618. The molecule has 1 N–H and O–H groups in total. The van der Waals surface area contributed by atoms with Gasteiger partial charge in [0.2, 0.25) is 5.91 Å². The Morgan fingerprint density at radius 3 is 2.55 bits per heavy atom. The summed E-state index contributed by atoms with van der Waals surface area (Å²) < 4.78 is 7.33. The van der Waals surface area contributed by atoms with Gasteiger partial charge in [-0.2, -0.15) is 0 Å². The Bertz CT molecular complexity index is 1310. The first kappa shape index (κ1) is 22.0. The minimum absolute atomic E-state index is 0.00797. The van der Waals surface area contributed by atoms with E-state index < -0.39 is 23.1 Å². The quantitative estimate of drug-likeness (QED) is 0.626. The number of rotatable bonds is 5. The summed E-state index contributed by atoms with van der Waals surface area (Å²) >= 11 is 5.96. The summed E-state index contributed by atoms with van der Waals surface area (Å²) in [6.07, 6.45) is 0. The highest BCUT2D eigenvalue weighted by Gasteiger charge is 2.19. The summed E-state index contributed by atoms with van der Waals surface area (Å²) in [6, 6.07) is 7.58. The van der Waals surface area contributed by atoms with E-state index in [4.69, 9.17) is 16.3 Å². The smallest absolute Gasteiger partial charge is 0.332 e. The number of nitrogens with one attached hydrogen (secondary N) is 1. The molecule has 0 aliphatic carbocycles. The number of ether oxygens (including phenoxy) is 1. The summed E-state index contributed by atoms with van der Waals surface area (Å²) in [5.74, 6) is -0.605. The van der Waals surface area contributed by atoms with E-state index >= 15 is 0 Å². The van der Waals surface area contributed by atoms with Gasteiger partial charge >= 0.3 is 5.69 Å². The van der Waals surface area contributed by atoms with E-state index in [-0.39, 0.29) is 23.3 Å². The van der Waals surface area contributed by atoms with Crippen molar-refractivity contribution in [2.24, 2.45) is 14.1 Å². The van der Waals surface area contributed by atoms with E-state index in [0.717, 1.165) is 4.57 Å². The number of benzene rings is 1. The standard InChI is InChI=1S/C20H20ClN5O5/c1-24(10-16(27)22-14-9-11(21)5-8-15(14)31-4)19(29)13-7-6-12-17(23-13)25(2)20(30)26(3)18(12)28/h5-9H,10H2,1-4H3,(H,22,27). The zero-order chi connectivity index (χ0) is 22.9. The lowest BCUT2D eigenvalue weighted by Gasteiger charge is -2.17. The number of hydrogen-bond acceptors (Lipinski definition) is 6. The van der Waals surface area contributed by atoms with Crippen molar-refractivity contribution in [3.63, 3.8) is 0 Å². The normalized spacial score (nSPS) is 10.7. The zero-order valence-corrected chi connectivity index (χ0v) is 18.1. The lowest BCUT2D eigenvalue weighted by Crippen LogP contribution is -2.38. The topological polar surface area (TPSA) is 116 Å². The van der Waals surface area contributed by atoms with Gasteiger partial charge in [-0.25, -0.2) is 9.78 Å². The molecule has 0 aliphatic heterocycles. The van der Waals surface area contributed by atoms with Crippen LogP contribution in [0.5, 0.6) is 5.75 Å². The first-order chi connectivity index (χ1) is 14.6. The van der Waals surface area contributed by atoms with Gasteiger partial charge in [0.15, 0.2) is 0 Å². The zero-order valence-electron chi connectivity index (χ0n) is 17.3. The fraction of sp³-hybridized carbons (Fsp3) is 0.250. The van der Waals surface area contributed by atoms with Crippen LogP contribution < -0.4 is 21.3 Å².